The van der Waals surface area contributed by atoms with Crippen LogP contribution in [0.25, 0.3) is 0 Å². The monoisotopic (exact) mass is 304 g/mol. The number of nitrogens with zero attached hydrogens (tertiary/aromatic N) is 1. The van der Waals surface area contributed by atoms with Gasteiger partial charge >= 0.3 is 0 Å². The third kappa shape index (κ3) is 3.29. The van der Waals surface area contributed by atoms with Crippen LogP contribution in [0.4, 0.5) is 10.1 Å². The number of hydrogen-bond donors (Lipinski definition) is 1. The van der Waals surface area contributed by atoms with Gasteiger partial charge in [0.05, 0.1) is 0 Å². The zero-order valence-electron chi connectivity index (χ0n) is 12.6. The largest absolute Gasteiger partial charge is 0.342 e. The van der Waals surface area contributed by atoms with Crippen molar-refractivity contribution in [3.8, 4) is 0 Å². The van der Waals surface area contributed by atoms with E-state index >= 15 is 0 Å². The topological polar surface area (TPSA) is 49.4 Å². The number of piperidine rings is 1. The Balaban J connectivity index is 1.50. The number of amides is 2. The molecule has 1 aliphatic heterocycles. The molecule has 22 heavy (non-hydrogen) atoms. The molecule has 1 aromatic carbocycles. The van der Waals surface area contributed by atoms with Crippen molar-refractivity contribution in [2.24, 2.45) is 11.8 Å². The molecule has 5 heteroatoms. The summed E-state index contributed by atoms with van der Waals surface area (Å²) >= 11 is 0. The van der Waals surface area contributed by atoms with Gasteiger partial charge in [-0.3, -0.25) is 9.59 Å². The van der Waals surface area contributed by atoms with Crippen molar-refractivity contribution in [1.82, 2.24) is 4.90 Å². The van der Waals surface area contributed by atoms with Crippen LogP contribution in [0.15, 0.2) is 24.3 Å². The minimum Gasteiger partial charge on any atom is -0.342 e. The van der Waals surface area contributed by atoms with Crippen LogP contribution in [0, 0.1) is 17.7 Å². The Morgan fingerprint density at radius 1 is 1.09 bits per heavy atom. The average molecular weight is 304 g/mol. The molecule has 0 atom stereocenters. The van der Waals surface area contributed by atoms with Crippen LogP contribution in [-0.4, -0.2) is 29.8 Å². The van der Waals surface area contributed by atoms with Gasteiger partial charge in [0.2, 0.25) is 11.8 Å². The summed E-state index contributed by atoms with van der Waals surface area (Å²) in [5.74, 6) is -0.0679. The van der Waals surface area contributed by atoms with Crippen molar-refractivity contribution in [3.05, 3.63) is 30.1 Å². The number of nitrogens with one attached hydrogen (secondary N) is 1. The first-order chi connectivity index (χ1) is 10.6. The number of benzene rings is 1. The van der Waals surface area contributed by atoms with E-state index in [4.69, 9.17) is 0 Å². The number of hydrogen-bond acceptors (Lipinski definition) is 2. The first-order valence-corrected chi connectivity index (χ1v) is 7.99. The Hall–Kier alpha value is -1.91. The quantitative estimate of drug-likeness (QED) is 0.933. The zero-order chi connectivity index (χ0) is 15.5. The molecule has 1 heterocycles. The van der Waals surface area contributed by atoms with E-state index in [9.17, 15) is 14.0 Å². The molecule has 118 valence electrons. The van der Waals surface area contributed by atoms with Crippen LogP contribution >= 0.6 is 0 Å². The van der Waals surface area contributed by atoms with Gasteiger partial charge in [-0.2, -0.15) is 0 Å². The summed E-state index contributed by atoms with van der Waals surface area (Å²) in [7, 11) is 0. The van der Waals surface area contributed by atoms with E-state index in [0.29, 0.717) is 31.6 Å². The van der Waals surface area contributed by atoms with Gasteiger partial charge in [-0.05, 0) is 43.9 Å². The number of carbonyl (C=O) groups excluding carboxylic acids is 2. The lowest BCUT2D eigenvalue weighted by Crippen LogP contribution is -2.45. The second kappa shape index (κ2) is 6.46. The highest BCUT2D eigenvalue weighted by molar-refractivity contribution is 5.92. The fourth-order valence-electron chi connectivity index (χ4n) is 3.09. The molecule has 0 spiro atoms. The number of anilines is 1. The van der Waals surface area contributed by atoms with Gasteiger partial charge in [-0.25, -0.2) is 4.39 Å². The molecule has 1 N–H and O–H groups in total. The molecule has 2 aliphatic rings. The second-order valence-corrected chi connectivity index (χ2v) is 6.23. The van der Waals surface area contributed by atoms with E-state index in [-0.39, 0.29) is 29.5 Å². The molecule has 3 rings (SSSR count). The summed E-state index contributed by atoms with van der Waals surface area (Å²) in [6.45, 7) is 1.30. The predicted molar refractivity (Wildman–Crippen MR) is 81.7 cm³/mol. The standard InChI is InChI=1S/C17H21FN2O2/c18-14-5-2-6-15(11-14)19-16(21)12-7-9-20(10-8-12)17(22)13-3-1-4-13/h2,5-6,11-13H,1,3-4,7-10H2,(H,19,21). The molecular weight excluding hydrogens is 283 g/mol. The van der Waals surface area contributed by atoms with E-state index in [1.54, 1.807) is 12.1 Å². The number of carbonyl (C=O) groups is 2. The lowest BCUT2D eigenvalue weighted by molar-refractivity contribution is -0.140. The Labute approximate surface area is 129 Å². The molecule has 1 aromatic rings. The Kier molecular flexibility index (Phi) is 4.41. The second-order valence-electron chi connectivity index (χ2n) is 6.23. The van der Waals surface area contributed by atoms with Gasteiger partial charge in [0.15, 0.2) is 0 Å². The summed E-state index contributed by atoms with van der Waals surface area (Å²) in [5, 5.41) is 2.76. The van der Waals surface area contributed by atoms with E-state index in [0.717, 1.165) is 19.3 Å². The summed E-state index contributed by atoms with van der Waals surface area (Å²) in [6.07, 6.45) is 4.54. The molecule has 0 unspecified atom stereocenters. The van der Waals surface area contributed by atoms with Crippen molar-refractivity contribution in [2.45, 2.75) is 32.1 Å². The molecule has 0 aromatic heterocycles. The van der Waals surface area contributed by atoms with Gasteiger partial charge in [0.25, 0.3) is 0 Å². The third-order valence-corrected chi connectivity index (χ3v) is 4.72. The number of likely N-dealkylation sites (tertiary alicyclic amines) is 1. The maximum Gasteiger partial charge on any atom is 0.227 e. The first-order valence-electron chi connectivity index (χ1n) is 7.99. The van der Waals surface area contributed by atoms with Crippen LogP contribution in [0.5, 0.6) is 0 Å². The van der Waals surface area contributed by atoms with E-state index < -0.39 is 0 Å². The summed E-state index contributed by atoms with van der Waals surface area (Å²) < 4.78 is 13.1. The highest BCUT2D eigenvalue weighted by Gasteiger charge is 2.33. The molecule has 0 radical (unpaired) electrons. The fraction of sp³-hybridized carbons (Fsp3) is 0.529. The van der Waals surface area contributed by atoms with Crippen molar-refractivity contribution in [2.75, 3.05) is 18.4 Å². The van der Waals surface area contributed by atoms with Crippen LogP contribution in [0.2, 0.25) is 0 Å². The first kappa shape index (κ1) is 15.0. The van der Waals surface area contributed by atoms with Crippen molar-refractivity contribution in [3.63, 3.8) is 0 Å². The SMILES string of the molecule is O=C(Nc1cccc(F)c1)C1CCN(C(=O)C2CCC2)CC1. The lowest BCUT2D eigenvalue weighted by atomic mass is 9.83. The summed E-state index contributed by atoms with van der Waals surface area (Å²) in [5.41, 5.74) is 0.484. The molecule has 4 nitrogen and oxygen atoms in total. The van der Waals surface area contributed by atoms with Crippen LogP contribution in [0.1, 0.15) is 32.1 Å². The smallest absolute Gasteiger partial charge is 0.227 e. The van der Waals surface area contributed by atoms with Gasteiger partial charge in [-0.15, -0.1) is 0 Å². The van der Waals surface area contributed by atoms with Crippen LogP contribution < -0.4 is 5.32 Å². The van der Waals surface area contributed by atoms with E-state index in [2.05, 4.69) is 5.32 Å². The van der Waals surface area contributed by atoms with Gasteiger partial charge < -0.3 is 10.2 Å². The molecule has 1 aliphatic carbocycles. The highest BCUT2D eigenvalue weighted by atomic mass is 19.1. The molecule has 1 saturated carbocycles. The summed E-state index contributed by atoms with van der Waals surface area (Å²) in [6, 6.07) is 5.91. The number of rotatable bonds is 3. The van der Waals surface area contributed by atoms with Crippen LogP contribution in [-0.2, 0) is 9.59 Å². The Morgan fingerprint density at radius 3 is 2.41 bits per heavy atom. The fourth-order valence-corrected chi connectivity index (χ4v) is 3.09. The van der Waals surface area contributed by atoms with E-state index in [1.165, 1.54) is 12.1 Å². The molecule has 2 amide bonds. The minimum atomic E-state index is -0.362. The maximum absolute atomic E-state index is 13.1. The predicted octanol–water partition coefficient (Wildman–Crippen LogP) is 2.80. The molecule has 2 fully saturated rings. The molecule has 0 bridgehead atoms. The summed E-state index contributed by atoms with van der Waals surface area (Å²) in [4.78, 5) is 26.3. The number of halogens is 1. The van der Waals surface area contributed by atoms with Gasteiger partial charge in [0, 0.05) is 30.6 Å². The van der Waals surface area contributed by atoms with Crippen LogP contribution in [0.3, 0.4) is 0 Å². The Bertz CT molecular complexity index is 564. The van der Waals surface area contributed by atoms with Crippen molar-refractivity contribution in [1.29, 1.82) is 0 Å². The normalized spacial score (nSPS) is 19.6. The zero-order valence-corrected chi connectivity index (χ0v) is 12.6. The van der Waals surface area contributed by atoms with Gasteiger partial charge in [0.1, 0.15) is 5.82 Å². The molecule has 1 saturated heterocycles. The van der Waals surface area contributed by atoms with Crippen molar-refractivity contribution < 1.29 is 14.0 Å². The molecular formula is C17H21FN2O2. The highest BCUT2D eigenvalue weighted by Crippen LogP contribution is 2.30. The minimum absolute atomic E-state index is 0.0821. The third-order valence-electron chi connectivity index (χ3n) is 4.72. The maximum atomic E-state index is 13.1. The lowest BCUT2D eigenvalue weighted by Gasteiger charge is -2.36. The van der Waals surface area contributed by atoms with Gasteiger partial charge in [-0.1, -0.05) is 12.5 Å². The van der Waals surface area contributed by atoms with E-state index in [1.807, 2.05) is 4.90 Å². The average Bonchev–Trinajstić information content (AvgIpc) is 2.45. The Morgan fingerprint density at radius 2 is 1.82 bits per heavy atom. The van der Waals surface area contributed by atoms with Crippen molar-refractivity contribution >= 4 is 17.5 Å².